The number of hydrogen-bond acceptors (Lipinski definition) is 5. The Morgan fingerprint density at radius 2 is 2.11 bits per heavy atom. The third kappa shape index (κ3) is 5.41. The molecule has 6 nitrogen and oxygen atoms in total. The fourth-order valence-electron chi connectivity index (χ4n) is 3.40. The van der Waals surface area contributed by atoms with E-state index in [2.05, 4.69) is 15.5 Å². The molecular formula is C20H27ClN4O2S. The molecule has 1 aliphatic carbocycles. The third-order valence-electron chi connectivity index (χ3n) is 4.93. The lowest BCUT2D eigenvalue weighted by molar-refractivity contribution is -0.119. The van der Waals surface area contributed by atoms with Gasteiger partial charge in [-0.3, -0.25) is 4.79 Å². The van der Waals surface area contributed by atoms with Crippen molar-refractivity contribution in [1.82, 2.24) is 20.1 Å². The summed E-state index contributed by atoms with van der Waals surface area (Å²) in [7, 11) is 1.88. The van der Waals surface area contributed by atoms with E-state index < -0.39 is 0 Å². The second kappa shape index (κ2) is 9.65. The first kappa shape index (κ1) is 21.0. The van der Waals surface area contributed by atoms with Gasteiger partial charge in [0.1, 0.15) is 5.75 Å². The van der Waals surface area contributed by atoms with E-state index >= 15 is 0 Å². The van der Waals surface area contributed by atoms with E-state index in [9.17, 15) is 4.79 Å². The van der Waals surface area contributed by atoms with Crippen molar-refractivity contribution < 1.29 is 9.53 Å². The van der Waals surface area contributed by atoms with Gasteiger partial charge in [0, 0.05) is 13.1 Å². The molecule has 0 bridgehead atoms. The first-order valence-electron chi connectivity index (χ1n) is 9.68. The van der Waals surface area contributed by atoms with Crippen LogP contribution in [0.15, 0.2) is 23.4 Å². The van der Waals surface area contributed by atoms with Crippen LogP contribution in [0.3, 0.4) is 0 Å². The maximum atomic E-state index is 12.2. The molecule has 1 aliphatic rings. The van der Waals surface area contributed by atoms with Crippen LogP contribution in [0.1, 0.15) is 56.5 Å². The van der Waals surface area contributed by atoms with E-state index in [1.54, 1.807) is 0 Å². The average molecular weight is 423 g/mol. The van der Waals surface area contributed by atoms with Crippen LogP contribution in [-0.2, 0) is 11.8 Å². The quantitative estimate of drug-likeness (QED) is 0.667. The third-order valence-corrected chi connectivity index (χ3v) is 6.26. The number of ether oxygens (including phenoxy) is 1. The maximum Gasteiger partial charge on any atom is 0.230 e. The lowest BCUT2D eigenvalue weighted by Crippen LogP contribution is -2.37. The highest BCUT2D eigenvalue weighted by molar-refractivity contribution is 7.99. The minimum absolute atomic E-state index is 0.0530. The number of aryl methyl sites for hydroxylation is 1. The number of rotatable bonds is 7. The highest BCUT2D eigenvalue weighted by Gasteiger charge is 2.20. The zero-order valence-corrected chi connectivity index (χ0v) is 18.1. The Kier molecular flexibility index (Phi) is 7.24. The van der Waals surface area contributed by atoms with Gasteiger partial charge in [-0.2, -0.15) is 0 Å². The monoisotopic (exact) mass is 422 g/mol. The van der Waals surface area contributed by atoms with Crippen LogP contribution in [0.25, 0.3) is 0 Å². The molecule has 8 heteroatoms. The molecule has 3 rings (SSSR count). The van der Waals surface area contributed by atoms with Gasteiger partial charge in [0.05, 0.1) is 10.8 Å². The molecule has 0 saturated heterocycles. The van der Waals surface area contributed by atoms with Gasteiger partial charge >= 0.3 is 0 Å². The summed E-state index contributed by atoms with van der Waals surface area (Å²) in [4.78, 5) is 12.2. The van der Waals surface area contributed by atoms with Gasteiger partial charge in [-0.15, -0.1) is 10.2 Å². The molecule has 1 unspecified atom stereocenters. The Bertz CT molecular complexity index is 821. The first-order valence-corrected chi connectivity index (χ1v) is 11.0. The van der Waals surface area contributed by atoms with Crippen LogP contribution < -0.4 is 10.1 Å². The number of amides is 1. The maximum absolute atomic E-state index is 12.2. The van der Waals surface area contributed by atoms with Crippen LogP contribution in [0.4, 0.5) is 0 Å². The second-order valence-electron chi connectivity index (χ2n) is 7.28. The van der Waals surface area contributed by atoms with Gasteiger partial charge in [-0.1, -0.05) is 48.7 Å². The molecule has 1 heterocycles. The zero-order valence-electron chi connectivity index (χ0n) is 16.6. The fourth-order valence-corrected chi connectivity index (χ4v) is 4.29. The van der Waals surface area contributed by atoms with Crippen LogP contribution >= 0.6 is 23.4 Å². The van der Waals surface area contributed by atoms with Gasteiger partial charge < -0.3 is 14.6 Å². The predicted molar refractivity (Wildman–Crippen MR) is 112 cm³/mol. The Hall–Kier alpha value is -1.73. The number of benzene rings is 1. The largest absolute Gasteiger partial charge is 0.481 e. The second-order valence-corrected chi connectivity index (χ2v) is 8.63. The van der Waals surface area contributed by atoms with Crippen molar-refractivity contribution in [2.75, 3.05) is 5.75 Å². The summed E-state index contributed by atoms with van der Waals surface area (Å²) in [6.07, 6.45) is 5.53. The number of aromatic nitrogens is 3. The van der Waals surface area contributed by atoms with E-state index in [4.69, 9.17) is 16.3 Å². The fraction of sp³-hybridized carbons (Fsp3) is 0.550. The highest BCUT2D eigenvalue weighted by Crippen LogP contribution is 2.30. The summed E-state index contributed by atoms with van der Waals surface area (Å²) >= 11 is 7.61. The molecule has 1 aromatic carbocycles. The molecule has 1 N–H and O–H groups in total. The lowest BCUT2D eigenvalue weighted by atomic mass is 9.95. The van der Waals surface area contributed by atoms with Crippen LogP contribution in [0.5, 0.6) is 5.75 Å². The predicted octanol–water partition coefficient (Wildman–Crippen LogP) is 4.46. The molecule has 2 aromatic rings. The Morgan fingerprint density at radius 3 is 2.86 bits per heavy atom. The highest BCUT2D eigenvalue weighted by atomic mass is 35.5. The minimum Gasteiger partial charge on any atom is -0.481 e. The summed E-state index contributed by atoms with van der Waals surface area (Å²) in [6.45, 7) is 3.90. The molecule has 1 amide bonds. The van der Waals surface area contributed by atoms with Crippen molar-refractivity contribution in [3.8, 4) is 5.75 Å². The molecule has 0 aliphatic heterocycles. The number of carbonyl (C=O) groups is 1. The Balaban J connectivity index is 1.56. The van der Waals surface area contributed by atoms with E-state index in [0.717, 1.165) is 18.4 Å². The van der Waals surface area contributed by atoms with Crippen LogP contribution in [0.2, 0.25) is 5.02 Å². The van der Waals surface area contributed by atoms with Crippen molar-refractivity contribution in [3.05, 3.63) is 34.6 Å². The molecule has 1 atom stereocenters. The van der Waals surface area contributed by atoms with Crippen LogP contribution in [-0.4, -0.2) is 32.5 Å². The van der Waals surface area contributed by atoms with Gasteiger partial charge in [0.25, 0.3) is 0 Å². The van der Waals surface area contributed by atoms with Gasteiger partial charge in [-0.25, -0.2) is 0 Å². The van der Waals surface area contributed by atoms with E-state index in [1.165, 1.54) is 31.0 Å². The number of thioether (sulfide) groups is 1. The van der Waals surface area contributed by atoms with Crippen molar-refractivity contribution in [1.29, 1.82) is 0 Å². The summed E-state index contributed by atoms with van der Waals surface area (Å²) in [5.41, 5.74) is 1.07. The summed E-state index contributed by atoms with van der Waals surface area (Å²) in [5, 5.41) is 12.9. The Morgan fingerprint density at radius 1 is 1.36 bits per heavy atom. The van der Waals surface area contributed by atoms with E-state index in [0.29, 0.717) is 33.5 Å². The molecular weight excluding hydrogens is 396 g/mol. The number of halogens is 1. The molecule has 0 spiro atoms. The lowest BCUT2D eigenvalue weighted by Gasteiger charge is -2.22. The van der Waals surface area contributed by atoms with Gasteiger partial charge in [-0.05, 0) is 44.4 Å². The van der Waals surface area contributed by atoms with E-state index in [1.807, 2.05) is 43.7 Å². The van der Waals surface area contributed by atoms with Crippen LogP contribution in [0, 0.1) is 6.92 Å². The van der Waals surface area contributed by atoms with Crippen molar-refractivity contribution >= 4 is 29.3 Å². The van der Waals surface area contributed by atoms with Gasteiger partial charge in [0.15, 0.2) is 17.1 Å². The van der Waals surface area contributed by atoms with E-state index in [-0.39, 0.29) is 12.0 Å². The summed E-state index contributed by atoms with van der Waals surface area (Å²) in [5.74, 6) is 1.70. The van der Waals surface area contributed by atoms with Crippen molar-refractivity contribution in [3.63, 3.8) is 0 Å². The average Bonchev–Trinajstić information content (AvgIpc) is 3.04. The zero-order chi connectivity index (χ0) is 20.1. The standard InChI is InChI=1S/C20H27ClN4O2S/c1-13-9-10-16(21)17(11-13)27-14(2)19-23-24-20(25(19)3)28-12-18(26)22-15-7-5-4-6-8-15/h9-11,14-15H,4-8,12H2,1-3H3,(H,22,26). The molecule has 1 fully saturated rings. The van der Waals surface area contributed by atoms with Gasteiger partial charge in [0.2, 0.25) is 5.91 Å². The minimum atomic E-state index is -0.317. The number of nitrogens with zero attached hydrogens (tertiary/aromatic N) is 3. The number of carbonyl (C=O) groups excluding carboxylic acids is 1. The van der Waals surface area contributed by atoms with Crippen molar-refractivity contribution in [2.45, 2.75) is 63.3 Å². The molecule has 28 heavy (non-hydrogen) atoms. The molecule has 1 aromatic heterocycles. The summed E-state index contributed by atoms with van der Waals surface area (Å²) in [6, 6.07) is 5.99. The smallest absolute Gasteiger partial charge is 0.230 e. The normalized spacial score (nSPS) is 16.0. The molecule has 0 radical (unpaired) electrons. The molecule has 152 valence electrons. The van der Waals surface area contributed by atoms with Crippen molar-refractivity contribution in [2.24, 2.45) is 7.05 Å². The summed E-state index contributed by atoms with van der Waals surface area (Å²) < 4.78 is 7.86. The SMILES string of the molecule is Cc1ccc(Cl)c(OC(C)c2nnc(SCC(=O)NC3CCCCC3)n2C)c1. The number of hydrogen-bond donors (Lipinski definition) is 1. The topological polar surface area (TPSA) is 69.0 Å². The molecule has 1 saturated carbocycles. The first-order chi connectivity index (χ1) is 13.4. The Labute approximate surface area is 175 Å². The number of nitrogens with one attached hydrogen (secondary N) is 1.